The third kappa shape index (κ3) is 2.41. The fourth-order valence-corrected chi connectivity index (χ4v) is 2.57. The predicted octanol–water partition coefficient (Wildman–Crippen LogP) is 0.367. The highest BCUT2D eigenvalue weighted by molar-refractivity contribution is 6.03. The summed E-state index contributed by atoms with van der Waals surface area (Å²) in [6, 6.07) is 5.72. The number of nitrogens with zero attached hydrogens (tertiary/aromatic N) is 3. The first-order valence-electron chi connectivity index (χ1n) is 6.97. The fraction of sp³-hybridized carbons (Fsp3) is 0.267. The van der Waals surface area contributed by atoms with Crippen LogP contribution in [0.2, 0.25) is 0 Å². The Morgan fingerprint density at radius 2 is 1.87 bits per heavy atom. The number of hydrogen-bond acceptors (Lipinski definition) is 5. The molecule has 0 saturated heterocycles. The third-order valence-corrected chi connectivity index (χ3v) is 3.95. The topological polar surface area (TPSA) is 88.6 Å². The number of aromatic hydroxyl groups is 1. The monoisotopic (exact) mass is 318 g/mol. The van der Waals surface area contributed by atoms with Crippen molar-refractivity contribution in [2.24, 2.45) is 19.2 Å². The van der Waals surface area contributed by atoms with Gasteiger partial charge < -0.3 is 10.5 Å². The van der Waals surface area contributed by atoms with E-state index in [0.29, 0.717) is 12.1 Å². The number of halogens is 1. The third-order valence-electron chi connectivity index (χ3n) is 3.95. The Bertz CT molecular complexity index is 912. The summed E-state index contributed by atoms with van der Waals surface area (Å²) in [4.78, 5) is 24.0. The Balaban J connectivity index is 1.98. The van der Waals surface area contributed by atoms with Gasteiger partial charge in [-0.15, -0.1) is 0 Å². The molecule has 120 valence electrons. The highest BCUT2D eigenvalue weighted by atomic mass is 19.1. The van der Waals surface area contributed by atoms with Crippen molar-refractivity contribution in [2.45, 2.75) is 12.5 Å². The van der Waals surface area contributed by atoms with Gasteiger partial charge in [0.2, 0.25) is 5.88 Å². The van der Waals surface area contributed by atoms with Crippen molar-refractivity contribution in [1.29, 1.82) is 0 Å². The first-order valence-corrected chi connectivity index (χ1v) is 6.97. The van der Waals surface area contributed by atoms with Crippen LogP contribution in [0.15, 0.2) is 39.0 Å². The van der Waals surface area contributed by atoms with Crippen molar-refractivity contribution in [3.63, 3.8) is 0 Å². The van der Waals surface area contributed by atoms with Crippen LogP contribution in [0, 0.1) is 5.82 Å². The van der Waals surface area contributed by atoms with Crippen LogP contribution in [0.4, 0.5) is 4.39 Å². The lowest BCUT2D eigenvalue weighted by atomic mass is 10.00. The molecule has 0 amide bonds. The zero-order valence-electron chi connectivity index (χ0n) is 12.6. The van der Waals surface area contributed by atoms with Crippen molar-refractivity contribution in [3.05, 3.63) is 62.0 Å². The molecule has 1 aromatic heterocycles. The molecule has 23 heavy (non-hydrogen) atoms. The quantitative estimate of drug-likeness (QED) is 0.837. The van der Waals surface area contributed by atoms with Gasteiger partial charge >= 0.3 is 5.69 Å². The van der Waals surface area contributed by atoms with Gasteiger partial charge in [0, 0.05) is 20.5 Å². The van der Waals surface area contributed by atoms with Gasteiger partial charge in [0.25, 0.3) is 5.56 Å². The van der Waals surface area contributed by atoms with Gasteiger partial charge in [0.1, 0.15) is 11.4 Å². The Kier molecular flexibility index (Phi) is 3.51. The van der Waals surface area contributed by atoms with Crippen LogP contribution in [0.1, 0.15) is 23.6 Å². The summed E-state index contributed by atoms with van der Waals surface area (Å²) >= 11 is 0. The van der Waals surface area contributed by atoms with Gasteiger partial charge in [-0.1, -0.05) is 12.1 Å². The normalized spacial score (nSPS) is 17.0. The molecule has 2 aromatic rings. The van der Waals surface area contributed by atoms with E-state index in [9.17, 15) is 19.1 Å². The maximum atomic E-state index is 13.0. The van der Waals surface area contributed by atoms with E-state index >= 15 is 0 Å². The Labute approximate surface area is 130 Å². The highest BCUT2D eigenvalue weighted by Crippen LogP contribution is 2.25. The minimum absolute atomic E-state index is 0.00767. The summed E-state index contributed by atoms with van der Waals surface area (Å²) in [5.74, 6) is -0.754. The Hall–Kier alpha value is -2.90. The number of aromatic nitrogens is 2. The number of hydrogen-bond donors (Lipinski definition) is 2. The van der Waals surface area contributed by atoms with E-state index in [-0.39, 0.29) is 17.4 Å². The molecule has 1 aliphatic rings. The summed E-state index contributed by atoms with van der Waals surface area (Å²) in [5, 5.41) is 14.2. The summed E-state index contributed by atoms with van der Waals surface area (Å²) in [7, 11) is 2.72. The second kappa shape index (κ2) is 5.38. The van der Waals surface area contributed by atoms with Gasteiger partial charge in [-0.25, -0.2) is 9.18 Å². The minimum Gasteiger partial charge on any atom is -0.494 e. The second-order valence-electron chi connectivity index (χ2n) is 5.40. The standard InChI is InChI=1S/C15H15FN4O3/c1-19-13(21)12(14(22)20(2)15(19)23)11-7-10(17-18-11)8-3-5-9(16)6-4-8/h3-6,10,17,21H,7H2,1-2H3/t10-/m1/s1. The second-order valence-corrected chi connectivity index (χ2v) is 5.40. The van der Waals surface area contributed by atoms with E-state index in [2.05, 4.69) is 10.5 Å². The lowest BCUT2D eigenvalue weighted by Gasteiger charge is -2.11. The lowest BCUT2D eigenvalue weighted by Crippen LogP contribution is -2.39. The Morgan fingerprint density at radius 3 is 2.52 bits per heavy atom. The molecule has 0 bridgehead atoms. The molecule has 0 radical (unpaired) electrons. The smallest absolute Gasteiger partial charge is 0.333 e. The molecule has 1 aliphatic heterocycles. The van der Waals surface area contributed by atoms with Gasteiger partial charge in [0.05, 0.1) is 11.8 Å². The van der Waals surface area contributed by atoms with Crippen LogP contribution in [-0.4, -0.2) is 20.0 Å². The SMILES string of the molecule is Cn1c(O)c(C2=NN[C@@H](c3ccc(F)cc3)C2)c(=O)n(C)c1=O. The average Bonchev–Trinajstić information content (AvgIpc) is 3.01. The molecule has 1 aromatic carbocycles. The van der Waals surface area contributed by atoms with Gasteiger partial charge in [0.15, 0.2) is 0 Å². The summed E-state index contributed by atoms with van der Waals surface area (Å²) < 4.78 is 14.9. The molecule has 0 fully saturated rings. The minimum atomic E-state index is -0.613. The first-order chi connectivity index (χ1) is 10.9. The van der Waals surface area contributed by atoms with Gasteiger partial charge in [-0.05, 0) is 17.7 Å². The first kappa shape index (κ1) is 15.0. The molecule has 0 unspecified atom stereocenters. The molecule has 0 saturated carbocycles. The molecule has 0 spiro atoms. The van der Waals surface area contributed by atoms with Gasteiger partial charge in [-0.2, -0.15) is 5.10 Å². The van der Waals surface area contributed by atoms with Crippen LogP contribution < -0.4 is 16.7 Å². The molecule has 3 rings (SSSR count). The summed E-state index contributed by atoms with van der Waals surface area (Å²) in [6.07, 6.45) is 0.340. The zero-order chi connectivity index (χ0) is 16.7. The van der Waals surface area contributed by atoms with Crippen molar-refractivity contribution in [1.82, 2.24) is 14.6 Å². The molecule has 0 aliphatic carbocycles. The molecular weight excluding hydrogens is 303 g/mol. The largest absolute Gasteiger partial charge is 0.494 e. The van der Waals surface area contributed by atoms with E-state index in [1.165, 1.54) is 26.2 Å². The van der Waals surface area contributed by atoms with Crippen LogP contribution in [-0.2, 0) is 14.1 Å². The summed E-state index contributed by atoms with van der Waals surface area (Å²) in [5.41, 5.74) is 2.81. The van der Waals surface area contributed by atoms with Crippen LogP contribution >= 0.6 is 0 Å². The number of rotatable bonds is 2. The van der Waals surface area contributed by atoms with E-state index in [4.69, 9.17) is 0 Å². The molecule has 1 atom stereocenters. The molecule has 2 heterocycles. The maximum absolute atomic E-state index is 13.0. The maximum Gasteiger partial charge on any atom is 0.333 e. The van der Waals surface area contributed by atoms with Crippen LogP contribution in [0.5, 0.6) is 5.88 Å². The van der Waals surface area contributed by atoms with E-state index in [0.717, 1.165) is 14.7 Å². The van der Waals surface area contributed by atoms with Crippen molar-refractivity contribution in [3.8, 4) is 5.88 Å². The zero-order valence-corrected chi connectivity index (χ0v) is 12.6. The average molecular weight is 318 g/mol. The molecule has 7 nitrogen and oxygen atoms in total. The van der Waals surface area contributed by atoms with Crippen molar-refractivity contribution < 1.29 is 9.50 Å². The molecule has 2 N–H and O–H groups in total. The predicted molar refractivity (Wildman–Crippen MR) is 82.0 cm³/mol. The van der Waals surface area contributed by atoms with Crippen molar-refractivity contribution >= 4 is 5.71 Å². The van der Waals surface area contributed by atoms with Crippen LogP contribution in [0.25, 0.3) is 0 Å². The number of benzene rings is 1. The van der Waals surface area contributed by atoms with E-state index in [1.807, 2.05) is 0 Å². The molecular formula is C15H15FN4O3. The number of hydrazone groups is 1. The number of nitrogens with one attached hydrogen (secondary N) is 1. The van der Waals surface area contributed by atoms with Crippen LogP contribution in [0.3, 0.4) is 0 Å². The fourth-order valence-electron chi connectivity index (χ4n) is 2.57. The Morgan fingerprint density at radius 1 is 1.22 bits per heavy atom. The highest BCUT2D eigenvalue weighted by Gasteiger charge is 2.27. The summed E-state index contributed by atoms with van der Waals surface area (Å²) in [6.45, 7) is 0. The molecule has 8 heteroatoms. The van der Waals surface area contributed by atoms with Crippen molar-refractivity contribution in [2.75, 3.05) is 0 Å². The lowest BCUT2D eigenvalue weighted by molar-refractivity contribution is 0.410. The van der Waals surface area contributed by atoms with Gasteiger partial charge in [-0.3, -0.25) is 13.9 Å². The van der Waals surface area contributed by atoms with E-state index in [1.54, 1.807) is 12.1 Å². The van der Waals surface area contributed by atoms with E-state index < -0.39 is 17.1 Å².